The van der Waals surface area contributed by atoms with Crippen LogP contribution in [0, 0.1) is 0 Å². The summed E-state index contributed by atoms with van der Waals surface area (Å²) in [6.07, 6.45) is 0. The van der Waals surface area contributed by atoms with Crippen LogP contribution in [0.3, 0.4) is 0 Å². The van der Waals surface area contributed by atoms with E-state index in [9.17, 15) is 0 Å². The third kappa shape index (κ3) is 6.82. The van der Waals surface area contributed by atoms with Crippen LogP contribution < -0.4 is 0 Å². The predicted octanol–water partition coefficient (Wildman–Crippen LogP) is 15.5. The number of nitrogens with zero attached hydrogens (tertiary/aromatic N) is 6. The number of hydrogen-bond acceptors (Lipinski definition) is 4. The van der Waals surface area contributed by atoms with Crippen LogP contribution in [0.5, 0.6) is 0 Å². The van der Waals surface area contributed by atoms with E-state index in [0.717, 1.165) is 89.6 Å². The fourth-order valence-corrected chi connectivity index (χ4v) is 9.73. The van der Waals surface area contributed by atoms with E-state index in [1.165, 1.54) is 21.5 Å². The van der Waals surface area contributed by atoms with Gasteiger partial charge in [0.05, 0.1) is 44.8 Å². The molecule has 6 heteroatoms. The van der Waals surface area contributed by atoms with Crippen molar-refractivity contribution in [2.24, 2.45) is 0 Å². The average molecular weight is 869 g/mol. The molecule has 13 aromatic rings. The van der Waals surface area contributed by atoms with Crippen LogP contribution in [0.25, 0.3) is 123 Å². The van der Waals surface area contributed by atoms with E-state index >= 15 is 0 Å². The van der Waals surface area contributed by atoms with E-state index in [-0.39, 0.29) is 0 Å². The summed E-state index contributed by atoms with van der Waals surface area (Å²) in [5.74, 6) is 1.37. The quantitative estimate of drug-likeness (QED) is 0.153. The molecule has 0 atom stereocenters. The van der Waals surface area contributed by atoms with Crippen LogP contribution in [0.15, 0.2) is 243 Å². The van der Waals surface area contributed by atoms with Crippen molar-refractivity contribution in [2.75, 3.05) is 0 Å². The standard InChI is InChI=1S/C62H40N6/c1-5-19-41(20-6-1)53-39-54(42-21-7-2-8-22-42)65-62(64-53)46-28-18-30-48(36-46)68-58-34-16-14-32-50(58)52-37-59-51(38-60(52)68)49-31-13-15-33-57(49)67(59)47-29-17-27-45(35-47)56-40-55(43-23-9-3-10-24-43)63-61(66-56)44-25-11-4-12-26-44/h1-40H. The van der Waals surface area contributed by atoms with Gasteiger partial charge >= 0.3 is 0 Å². The van der Waals surface area contributed by atoms with Gasteiger partial charge in [-0.15, -0.1) is 0 Å². The van der Waals surface area contributed by atoms with Crippen molar-refractivity contribution in [1.82, 2.24) is 29.1 Å². The summed E-state index contributed by atoms with van der Waals surface area (Å²) in [4.78, 5) is 20.6. The molecule has 0 bridgehead atoms. The van der Waals surface area contributed by atoms with Crippen molar-refractivity contribution in [3.8, 4) is 79.2 Å². The molecule has 318 valence electrons. The molecule has 4 aromatic heterocycles. The lowest BCUT2D eigenvalue weighted by Gasteiger charge is -2.13. The molecule has 0 N–H and O–H groups in total. The highest BCUT2D eigenvalue weighted by molar-refractivity contribution is 6.19. The fourth-order valence-electron chi connectivity index (χ4n) is 9.73. The molecular formula is C62H40N6. The Morgan fingerprint density at radius 3 is 1.01 bits per heavy atom. The second kappa shape index (κ2) is 16.3. The highest BCUT2D eigenvalue weighted by Crippen LogP contribution is 2.41. The van der Waals surface area contributed by atoms with Gasteiger partial charge in [-0.1, -0.05) is 182 Å². The first-order chi connectivity index (χ1) is 33.7. The largest absolute Gasteiger partial charge is 0.309 e. The normalized spacial score (nSPS) is 11.5. The second-order valence-electron chi connectivity index (χ2n) is 17.1. The molecule has 0 unspecified atom stereocenters. The first-order valence-corrected chi connectivity index (χ1v) is 22.9. The highest BCUT2D eigenvalue weighted by Gasteiger charge is 2.20. The van der Waals surface area contributed by atoms with Gasteiger partial charge in [0.1, 0.15) is 0 Å². The third-order valence-corrected chi connectivity index (χ3v) is 12.9. The van der Waals surface area contributed by atoms with E-state index in [1.54, 1.807) is 0 Å². The lowest BCUT2D eigenvalue weighted by Crippen LogP contribution is -1.98. The zero-order valence-electron chi connectivity index (χ0n) is 36.8. The Morgan fingerprint density at radius 1 is 0.221 bits per heavy atom. The number of hydrogen-bond donors (Lipinski definition) is 0. The van der Waals surface area contributed by atoms with Gasteiger partial charge in [0, 0.05) is 66.3 Å². The van der Waals surface area contributed by atoms with Crippen LogP contribution in [0.1, 0.15) is 0 Å². The van der Waals surface area contributed by atoms with Gasteiger partial charge in [-0.05, 0) is 60.7 Å². The smallest absolute Gasteiger partial charge is 0.160 e. The lowest BCUT2D eigenvalue weighted by molar-refractivity contribution is 1.16. The Balaban J connectivity index is 0.979. The van der Waals surface area contributed by atoms with Crippen molar-refractivity contribution in [3.05, 3.63) is 243 Å². The molecule has 0 saturated carbocycles. The number of para-hydroxylation sites is 2. The monoisotopic (exact) mass is 868 g/mol. The molecule has 0 aliphatic rings. The van der Waals surface area contributed by atoms with Gasteiger partial charge in [0.2, 0.25) is 0 Å². The van der Waals surface area contributed by atoms with E-state index in [4.69, 9.17) is 19.9 Å². The molecule has 4 heterocycles. The number of rotatable bonds is 8. The van der Waals surface area contributed by atoms with Gasteiger partial charge in [0.15, 0.2) is 11.6 Å². The molecule has 6 nitrogen and oxygen atoms in total. The van der Waals surface area contributed by atoms with Gasteiger partial charge < -0.3 is 9.13 Å². The summed E-state index contributed by atoms with van der Waals surface area (Å²) in [6.45, 7) is 0. The molecular weight excluding hydrogens is 829 g/mol. The number of fused-ring (bicyclic) bond motifs is 6. The van der Waals surface area contributed by atoms with Crippen LogP contribution >= 0.6 is 0 Å². The molecule has 13 rings (SSSR count). The van der Waals surface area contributed by atoms with Crippen LogP contribution in [0.4, 0.5) is 0 Å². The topological polar surface area (TPSA) is 61.4 Å². The summed E-state index contributed by atoms with van der Waals surface area (Å²) in [5.41, 5.74) is 16.2. The van der Waals surface area contributed by atoms with E-state index in [1.807, 2.05) is 36.4 Å². The maximum Gasteiger partial charge on any atom is 0.160 e. The van der Waals surface area contributed by atoms with Gasteiger partial charge in [-0.25, -0.2) is 19.9 Å². The minimum atomic E-state index is 0.676. The maximum atomic E-state index is 5.18. The van der Waals surface area contributed by atoms with Crippen molar-refractivity contribution in [1.29, 1.82) is 0 Å². The molecule has 0 aliphatic heterocycles. The Morgan fingerprint density at radius 2 is 0.559 bits per heavy atom. The molecule has 0 amide bonds. The highest BCUT2D eigenvalue weighted by atomic mass is 15.0. The molecule has 0 saturated heterocycles. The van der Waals surface area contributed by atoms with Crippen molar-refractivity contribution in [3.63, 3.8) is 0 Å². The second-order valence-corrected chi connectivity index (χ2v) is 17.1. The minimum absolute atomic E-state index is 0.676. The van der Waals surface area contributed by atoms with Crippen molar-refractivity contribution >= 4 is 43.6 Å². The van der Waals surface area contributed by atoms with Crippen molar-refractivity contribution in [2.45, 2.75) is 0 Å². The molecule has 9 aromatic carbocycles. The summed E-state index contributed by atoms with van der Waals surface area (Å²) in [6, 6.07) is 85.0. The van der Waals surface area contributed by atoms with Crippen LogP contribution in [0.2, 0.25) is 0 Å². The van der Waals surface area contributed by atoms with Gasteiger partial charge in [0.25, 0.3) is 0 Å². The van der Waals surface area contributed by atoms with Crippen molar-refractivity contribution < 1.29 is 0 Å². The third-order valence-electron chi connectivity index (χ3n) is 12.9. The molecule has 0 radical (unpaired) electrons. The van der Waals surface area contributed by atoms with Crippen LogP contribution in [-0.2, 0) is 0 Å². The van der Waals surface area contributed by atoms with Gasteiger partial charge in [-0.3, -0.25) is 0 Å². The Hall–Kier alpha value is -9.26. The Kier molecular flexibility index (Phi) is 9.39. The number of benzene rings is 9. The zero-order chi connectivity index (χ0) is 45.0. The maximum absolute atomic E-state index is 5.18. The summed E-state index contributed by atoms with van der Waals surface area (Å²) >= 11 is 0. The average Bonchev–Trinajstić information content (AvgIpc) is 3.93. The summed E-state index contributed by atoms with van der Waals surface area (Å²) in [7, 11) is 0. The van der Waals surface area contributed by atoms with Gasteiger partial charge in [-0.2, -0.15) is 0 Å². The summed E-state index contributed by atoms with van der Waals surface area (Å²) in [5, 5.41) is 4.70. The molecule has 0 fully saturated rings. The Labute approximate surface area is 392 Å². The molecule has 0 aliphatic carbocycles. The SMILES string of the molecule is c1ccc(-c2cc(-c3cccc(-n4c5ccccc5c5cc6c(cc54)c4ccccc4n6-c4cccc(-c5nc(-c6ccccc6)cc(-c6ccccc6)n5)c4)c3)nc(-c3ccccc3)n2)cc1. The van der Waals surface area contributed by atoms with E-state index < -0.39 is 0 Å². The lowest BCUT2D eigenvalue weighted by atomic mass is 10.1. The zero-order valence-corrected chi connectivity index (χ0v) is 36.8. The summed E-state index contributed by atoms with van der Waals surface area (Å²) < 4.78 is 4.79. The predicted molar refractivity (Wildman–Crippen MR) is 279 cm³/mol. The van der Waals surface area contributed by atoms with E-state index in [2.05, 4.69) is 215 Å². The van der Waals surface area contributed by atoms with Crippen LogP contribution in [-0.4, -0.2) is 29.1 Å². The number of aromatic nitrogens is 6. The van der Waals surface area contributed by atoms with E-state index in [0.29, 0.717) is 11.6 Å². The molecule has 0 spiro atoms. The first-order valence-electron chi connectivity index (χ1n) is 22.9. The first kappa shape index (κ1) is 39.1. The molecule has 68 heavy (non-hydrogen) atoms. The fraction of sp³-hybridized carbons (Fsp3) is 0. The minimum Gasteiger partial charge on any atom is -0.309 e. The Bertz CT molecular complexity index is 3630.